The molecule has 0 spiro atoms. The van der Waals surface area contributed by atoms with Crippen LogP contribution in [-0.2, 0) is 9.53 Å². The van der Waals surface area contributed by atoms with Crippen LogP contribution in [0.2, 0.25) is 0 Å². The molecule has 1 N–H and O–H groups in total. The minimum absolute atomic E-state index is 0.179. The van der Waals surface area contributed by atoms with Crippen molar-refractivity contribution in [1.29, 1.82) is 0 Å². The maximum atomic E-state index is 12.0. The standard InChI is InChI=1S/C13H21NO2/c1-5-8-14-13(12(15)16-4)9-10(2)6-7-11(13)3/h1,10-11,14H,6-9H2,2-4H3. The van der Waals surface area contributed by atoms with Crippen molar-refractivity contribution in [3.05, 3.63) is 0 Å². The van der Waals surface area contributed by atoms with E-state index in [1.807, 2.05) is 0 Å². The number of esters is 1. The average molecular weight is 223 g/mol. The van der Waals surface area contributed by atoms with Crippen molar-refractivity contribution in [3.63, 3.8) is 0 Å². The number of carbonyl (C=O) groups excluding carboxylic acids is 1. The van der Waals surface area contributed by atoms with Gasteiger partial charge in [0.1, 0.15) is 5.54 Å². The lowest BCUT2D eigenvalue weighted by molar-refractivity contribution is -0.153. The fourth-order valence-electron chi connectivity index (χ4n) is 2.63. The molecule has 90 valence electrons. The van der Waals surface area contributed by atoms with E-state index in [4.69, 9.17) is 11.2 Å². The first-order valence-electron chi connectivity index (χ1n) is 5.83. The van der Waals surface area contributed by atoms with Gasteiger partial charge in [-0.15, -0.1) is 6.42 Å². The van der Waals surface area contributed by atoms with Crippen LogP contribution in [0.1, 0.15) is 33.1 Å². The summed E-state index contributed by atoms with van der Waals surface area (Å²) in [4.78, 5) is 12.0. The number of terminal acetylenes is 1. The molecule has 3 heteroatoms. The fraction of sp³-hybridized carbons (Fsp3) is 0.769. The SMILES string of the molecule is C#CCNC1(C(=O)OC)CC(C)CCC1C. The zero-order chi connectivity index (χ0) is 12.2. The van der Waals surface area contributed by atoms with Gasteiger partial charge in [-0.1, -0.05) is 26.2 Å². The molecule has 0 radical (unpaired) electrons. The maximum absolute atomic E-state index is 12.0. The van der Waals surface area contributed by atoms with Gasteiger partial charge in [0.2, 0.25) is 0 Å². The predicted octanol–water partition coefficient (Wildman–Crippen LogP) is 1.58. The molecule has 0 heterocycles. The summed E-state index contributed by atoms with van der Waals surface area (Å²) in [7, 11) is 1.44. The fourth-order valence-corrected chi connectivity index (χ4v) is 2.63. The lowest BCUT2D eigenvalue weighted by atomic mass is 9.69. The molecule has 0 bridgehead atoms. The van der Waals surface area contributed by atoms with Gasteiger partial charge >= 0.3 is 5.97 Å². The van der Waals surface area contributed by atoms with Gasteiger partial charge in [-0.25, -0.2) is 0 Å². The Bertz CT molecular complexity index is 295. The van der Waals surface area contributed by atoms with Crippen molar-refractivity contribution in [3.8, 4) is 12.3 Å². The van der Waals surface area contributed by atoms with E-state index in [0.717, 1.165) is 19.3 Å². The van der Waals surface area contributed by atoms with Crippen LogP contribution in [0.3, 0.4) is 0 Å². The van der Waals surface area contributed by atoms with Gasteiger partial charge < -0.3 is 4.74 Å². The summed E-state index contributed by atoms with van der Waals surface area (Å²) in [5, 5.41) is 3.20. The highest BCUT2D eigenvalue weighted by atomic mass is 16.5. The maximum Gasteiger partial charge on any atom is 0.326 e. The van der Waals surface area contributed by atoms with E-state index in [1.165, 1.54) is 7.11 Å². The quantitative estimate of drug-likeness (QED) is 0.583. The Labute approximate surface area is 97.9 Å². The van der Waals surface area contributed by atoms with Crippen molar-refractivity contribution >= 4 is 5.97 Å². The second-order valence-electron chi connectivity index (χ2n) is 4.81. The first-order chi connectivity index (χ1) is 7.56. The second kappa shape index (κ2) is 5.36. The number of rotatable bonds is 3. The third-order valence-electron chi connectivity index (χ3n) is 3.66. The van der Waals surface area contributed by atoms with Crippen LogP contribution in [0.5, 0.6) is 0 Å². The first-order valence-corrected chi connectivity index (χ1v) is 5.83. The van der Waals surface area contributed by atoms with Crippen LogP contribution in [-0.4, -0.2) is 25.2 Å². The Morgan fingerprint density at radius 1 is 1.56 bits per heavy atom. The van der Waals surface area contributed by atoms with Crippen LogP contribution in [0.25, 0.3) is 0 Å². The minimum atomic E-state index is -0.585. The molecule has 0 saturated heterocycles. The van der Waals surface area contributed by atoms with E-state index < -0.39 is 5.54 Å². The van der Waals surface area contributed by atoms with Gasteiger partial charge in [0, 0.05) is 0 Å². The van der Waals surface area contributed by atoms with Crippen molar-refractivity contribution in [2.45, 2.75) is 38.6 Å². The molecule has 0 aromatic carbocycles. The third kappa shape index (κ3) is 2.38. The molecular weight excluding hydrogens is 202 g/mol. The minimum Gasteiger partial charge on any atom is -0.468 e. The van der Waals surface area contributed by atoms with Crippen molar-refractivity contribution < 1.29 is 9.53 Å². The summed E-state index contributed by atoms with van der Waals surface area (Å²) in [6.07, 6.45) is 8.27. The summed E-state index contributed by atoms with van der Waals surface area (Å²) in [6.45, 7) is 4.67. The molecule has 1 fully saturated rings. The highest BCUT2D eigenvalue weighted by Gasteiger charge is 2.47. The summed E-state index contributed by atoms with van der Waals surface area (Å²) in [6, 6.07) is 0. The van der Waals surface area contributed by atoms with Gasteiger partial charge in [-0.2, -0.15) is 0 Å². The zero-order valence-electron chi connectivity index (χ0n) is 10.4. The van der Waals surface area contributed by atoms with Crippen molar-refractivity contribution in [2.24, 2.45) is 11.8 Å². The number of carbonyl (C=O) groups is 1. The molecule has 3 unspecified atom stereocenters. The number of nitrogens with one attached hydrogen (secondary N) is 1. The van der Waals surface area contributed by atoms with E-state index in [2.05, 4.69) is 25.1 Å². The highest BCUT2D eigenvalue weighted by molar-refractivity contribution is 5.81. The monoisotopic (exact) mass is 223 g/mol. The van der Waals surface area contributed by atoms with E-state index in [0.29, 0.717) is 12.5 Å². The molecule has 0 amide bonds. The van der Waals surface area contributed by atoms with Crippen LogP contribution in [0, 0.1) is 24.2 Å². The normalized spacial score (nSPS) is 34.1. The van der Waals surface area contributed by atoms with Gasteiger partial charge in [0.25, 0.3) is 0 Å². The van der Waals surface area contributed by atoms with Gasteiger partial charge in [0.05, 0.1) is 13.7 Å². The van der Waals surface area contributed by atoms with E-state index in [1.54, 1.807) is 0 Å². The topological polar surface area (TPSA) is 38.3 Å². The molecule has 3 nitrogen and oxygen atoms in total. The van der Waals surface area contributed by atoms with Crippen molar-refractivity contribution in [2.75, 3.05) is 13.7 Å². The van der Waals surface area contributed by atoms with Gasteiger partial charge in [-0.05, 0) is 24.7 Å². The Kier molecular flexibility index (Phi) is 4.37. The average Bonchev–Trinajstić information content (AvgIpc) is 2.29. The number of hydrogen-bond acceptors (Lipinski definition) is 3. The van der Waals surface area contributed by atoms with Crippen LogP contribution >= 0.6 is 0 Å². The zero-order valence-corrected chi connectivity index (χ0v) is 10.4. The number of methoxy groups -OCH3 is 1. The van der Waals surface area contributed by atoms with Gasteiger partial charge in [-0.3, -0.25) is 10.1 Å². The molecule has 1 rings (SSSR count). The Balaban J connectivity index is 2.91. The Morgan fingerprint density at radius 3 is 2.81 bits per heavy atom. The molecule has 16 heavy (non-hydrogen) atoms. The van der Waals surface area contributed by atoms with E-state index in [-0.39, 0.29) is 11.9 Å². The predicted molar refractivity (Wildman–Crippen MR) is 63.8 cm³/mol. The molecular formula is C13H21NO2. The Morgan fingerprint density at radius 2 is 2.25 bits per heavy atom. The summed E-state index contributed by atoms with van der Waals surface area (Å²) >= 11 is 0. The van der Waals surface area contributed by atoms with Gasteiger partial charge in [0.15, 0.2) is 0 Å². The summed E-state index contributed by atoms with van der Waals surface area (Å²) in [5.74, 6) is 3.15. The van der Waals surface area contributed by atoms with E-state index >= 15 is 0 Å². The molecule has 0 aromatic rings. The smallest absolute Gasteiger partial charge is 0.326 e. The second-order valence-corrected chi connectivity index (χ2v) is 4.81. The van der Waals surface area contributed by atoms with Crippen LogP contribution < -0.4 is 5.32 Å². The lowest BCUT2D eigenvalue weighted by Crippen LogP contribution is -2.59. The van der Waals surface area contributed by atoms with Crippen LogP contribution in [0.4, 0.5) is 0 Å². The largest absolute Gasteiger partial charge is 0.468 e. The van der Waals surface area contributed by atoms with Crippen LogP contribution in [0.15, 0.2) is 0 Å². The van der Waals surface area contributed by atoms with E-state index in [9.17, 15) is 4.79 Å². The number of ether oxygens (including phenoxy) is 1. The molecule has 1 aliphatic rings. The molecule has 0 aromatic heterocycles. The number of hydrogen-bond donors (Lipinski definition) is 1. The molecule has 1 aliphatic carbocycles. The summed E-state index contributed by atoms with van der Waals surface area (Å²) < 4.78 is 4.94. The van der Waals surface area contributed by atoms with Crippen molar-refractivity contribution in [1.82, 2.24) is 5.32 Å². The molecule has 0 aliphatic heterocycles. The lowest BCUT2D eigenvalue weighted by Gasteiger charge is -2.42. The first kappa shape index (κ1) is 13.1. The molecule has 3 atom stereocenters. The summed E-state index contributed by atoms with van der Waals surface area (Å²) in [5.41, 5.74) is -0.585. The Hall–Kier alpha value is -1.01. The highest BCUT2D eigenvalue weighted by Crippen LogP contribution is 2.37. The molecule has 1 saturated carbocycles. The third-order valence-corrected chi connectivity index (χ3v) is 3.66.